The van der Waals surface area contributed by atoms with Crippen LogP contribution in [-0.2, 0) is 0 Å². The fourth-order valence-electron chi connectivity index (χ4n) is 1.80. The predicted molar refractivity (Wildman–Crippen MR) is 66.3 cm³/mol. The van der Waals surface area contributed by atoms with E-state index in [9.17, 15) is 18.0 Å². The molecule has 1 aromatic heterocycles. The van der Waals surface area contributed by atoms with Gasteiger partial charge >= 0.3 is 6.18 Å². The number of carbonyl (C=O) groups is 1. The average Bonchev–Trinajstić information content (AvgIpc) is 3.20. The van der Waals surface area contributed by atoms with Crippen molar-refractivity contribution in [2.45, 2.75) is 32.0 Å². The molecular formula is C12H15F3N4O. The largest absolute Gasteiger partial charge is 0.406 e. The molecule has 1 heterocycles. The standard InChI is InChI=1S/C12H15F3N4O/c1-2-16-10-6-17-9(5-18-10)11(20)19(8-3-4-8)7-12(13,14)15/h5-6,8H,2-4,7H2,1H3,(H,16,18). The highest BCUT2D eigenvalue weighted by molar-refractivity contribution is 5.92. The van der Waals surface area contributed by atoms with Gasteiger partial charge in [-0.25, -0.2) is 9.97 Å². The first-order valence-electron chi connectivity index (χ1n) is 6.34. The molecule has 1 fully saturated rings. The average molecular weight is 288 g/mol. The second kappa shape index (κ2) is 5.64. The normalized spacial score (nSPS) is 15.0. The maximum Gasteiger partial charge on any atom is 0.406 e. The Morgan fingerprint density at radius 3 is 2.55 bits per heavy atom. The summed E-state index contributed by atoms with van der Waals surface area (Å²) in [5.41, 5.74) is -0.0668. The monoisotopic (exact) mass is 288 g/mol. The second-order valence-electron chi connectivity index (χ2n) is 4.60. The van der Waals surface area contributed by atoms with Crippen LogP contribution < -0.4 is 5.32 Å². The molecular weight excluding hydrogens is 273 g/mol. The maximum absolute atomic E-state index is 12.5. The molecule has 0 spiro atoms. The zero-order chi connectivity index (χ0) is 14.8. The van der Waals surface area contributed by atoms with Crippen molar-refractivity contribution in [3.63, 3.8) is 0 Å². The highest BCUT2D eigenvalue weighted by Gasteiger charge is 2.41. The number of nitrogens with one attached hydrogen (secondary N) is 1. The van der Waals surface area contributed by atoms with E-state index in [1.54, 1.807) is 0 Å². The summed E-state index contributed by atoms with van der Waals surface area (Å²) < 4.78 is 37.5. The summed E-state index contributed by atoms with van der Waals surface area (Å²) in [6.07, 6.45) is -0.660. The predicted octanol–water partition coefficient (Wildman–Crippen LogP) is 2.08. The van der Waals surface area contributed by atoms with Crippen LogP contribution in [0, 0.1) is 0 Å². The van der Waals surface area contributed by atoms with Crippen LogP contribution in [0.25, 0.3) is 0 Å². The minimum atomic E-state index is -4.41. The summed E-state index contributed by atoms with van der Waals surface area (Å²) in [6, 6.07) is -0.334. The van der Waals surface area contributed by atoms with Gasteiger partial charge < -0.3 is 10.2 Å². The lowest BCUT2D eigenvalue weighted by molar-refractivity contribution is -0.141. The number of amides is 1. The number of hydrogen-bond donors (Lipinski definition) is 1. The molecule has 0 atom stereocenters. The fraction of sp³-hybridized carbons (Fsp3) is 0.583. The topological polar surface area (TPSA) is 58.1 Å². The SMILES string of the molecule is CCNc1cnc(C(=O)N(CC(F)(F)F)C2CC2)cn1. The van der Waals surface area contributed by atoms with Gasteiger partial charge in [-0.15, -0.1) is 0 Å². The Morgan fingerprint density at radius 1 is 1.40 bits per heavy atom. The Hall–Kier alpha value is -1.86. The molecule has 1 amide bonds. The van der Waals surface area contributed by atoms with Crippen molar-refractivity contribution < 1.29 is 18.0 Å². The van der Waals surface area contributed by atoms with Gasteiger partial charge in [0, 0.05) is 12.6 Å². The van der Waals surface area contributed by atoms with Gasteiger partial charge in [-0.3, -0.25) is 4.79 Å². The zero-order valence-electron chi connectivity index (χ0n) is 10.9. The van der Waals surface area contributed by atoms with Crippen LogP contribution in [0.2, 0.25) is 0 Å². The lowest BCUT2D eigenvalue weighted by atomic mass is 10.3. The molecule has 2 rings (SSSR count). The van der Waals surface area contributed by atoms with Crippen LogP contribution in [-0.4, -0.2) is 46.1 Å². The van der Waals surface area contributed by atoms with E-state index in [0.717, 1.165) is 4.90 Å². The third kappa shape index (κ3) is 3.82. The third-order valence-electron chi connectivity index (χ3n) is 2.83. The third-order valence-corrected chi connectivity index (χ3v) is 2.83. The van der Waals surface area contributed by atoms with Crippen LogP contribution in [0.4, 0.5) is 19.0 Å². The molecule has 0 aromatic carbocycles. The van der Waals surface area contributed by atoms with Gasteiger partial charge in [-0.2, -0.15) is 13.2 Å². The molecule has 0 saturated heterocycles. The summed E-state index contributed by atoms with van der Waals surface area (Å²) in [4.78, 5) is 20.7. The fourth-order valence-corrected chi connectivity index (χ4v) is 1.80. The first-order valence-corrected chi connectivity index (χ1v) is 6.34. The van der Waals surface area contributed by atoms with E-state index in [0.29, 0.717) is 25.2 Å². The minimum absolute atomic E-state index is 0.0668. The summed E-state index contributed by atoms with van der Waals surface area (Å²) in [5, 5.41) is 2.90. The molecule has 1 N–H and O–H groups in total. The Balaban J connectivity index is 2.10. The molecule has 0 radical (unpaired) electrons. The number of alkyl halides is 3. The van der Waals surface area contributed by atoms with Crippen molar-refractivity contribution in [3.05, 3.63) is 18.1 Å². The summed E-state index contributed by atoms with van der Waals surface area (Å²) >= 11 is 0. The number of carbonyl (C=O) groups excluding carboxylic acids is 1. The molecule has 1 aliphatic carbocycles. The highest BCUT2D eigenvalue weighted by Crippen LogP contribution is 2.31. The number of halogens is 3. The summed E-state index contributed by atoms with van der Waals surface area (Å²) in [6.45, 7) is 1.27. The van der Waals surface area contributed by atoms with Gasteiger partial charge in [0.25, 0.3) is 5.91 Å². The van der Waals surface area contributed by atoms with Crippen LogP contribution >= 0.6 is 0 Å². The Kier molecular flexibility index (Phi) is 4.10. The van der Waals surface area contributed by atoms with Gasteiger partial charge in [0.2, 0.25) is 0 Å². The van der Waals surface area contributed by atoms with Gasteiger partial charge in [0.05, 0.1) is 12.4 Å². The van der Waals surface area contributed by atoms with Crippen LogP contribution in [0.15, 0.2) is 12.4 Å². The second-order valence-corrected chi connectivity index (χ2v) is 4.60. The zero-order valence-corrected chi connectivity index (χ0v) is 10.9. The van der Waals surface area contributed by atoms with E-state index in [2.05, 4.69) is 15.3 Å². The quantitative estimate of drug-likeness (QED) is 0.901. The van der Waals surface area contributed by atoms with E-state index in [4.69, 9.17) is 0 Å². The number of anilines is 1. The van der Waals surface area contributed by atoms with Crippen LogP contribution in [0.3, 0.4) is 0 Å². The first kappa shape index (κ1) is 14.5. The molecule has 110 valence electrons. The van der Waals surface area contributed by atoms with Gasteiger partial charge in [0.15, 0.2) is 0 Å². The van der Waals surface area contributed by atoms with E-state index in [1.807, 2.05) is 6.92 Å². The van der Waals surface area contributed by atoms with Crippen molar-refractivity contribution in [2.24, 2.45) is 0 Å². The number of nitrogens with zero attached hydrogens (tertiary/aromatic N) is 3. The molecule has 0 aliphatic heterocycles. The van der Waals surface area contributed by atoms with E-state index >= 15 is 0 Å². The van der Waals surface area contributed by atoms with Crippen molar-refractivity contribution in [1.29, 1.82) is 0 Å². The van der Waals surface area contributed by atoms with Gasteiger partial charge in [-0.1, -0.05) is 0 Å². The molecule has 0 unspecified atom stereocenters. The van der Waals surface area contributed by atoms with Crippen molar-refractivity contribution in [1.82, 2.24) is 14.9 Å². The molecule has 20 heavy (non-hydrogen) atoms. The number of hydrogen-bond acceptors (Lipinski definition) is 4. The van der Waals surface area contributed by atoms with Crippen LogP contribution in [0.1, 0.15) is 30.3 Å². The van der Waals surface area contributed by atoms with E-state index in [1.165, 1.54) is 12.4 Å². The van der Waals surface area contributed by atoms with Crippen molar-refractivity contribution in [3.8, 4) is 0 Å². The Labute approximate surface area is 114 Å². The number of aromatic nitrogens is 2. The lowest BCUT2D eigenvalue weighted by Gasteiger charge is -2.23. The Bertz CT molecular complexity index is 471. The summed E-state index contributed by atoms with van der Waals surface area (Å²) in [7, 11) is 0. The minimum Gasteiger partial charge on any atom is -0.369 e. The van der Waals surface area contributed by atoms with E-state index in [-0.39, 0.29) is 11.7 Å². The first-order chi connectivity index (χ1) is 9.40. The Morgan fingerprint density at radius 2 is 2.10 bits per heavy atom. The molecule has 8 heteroatoms. The van der Waals surface area contributed by atoms with Crippen molar-refractivity contribution >= 4 is 11.7 Å². The van der Waals surface area contributed by atoms with Gasteiger partial charge in [0.1, 0.15) is 18.1 Å². The van der Waals surface area contributed by atoms with Gasteiger partial charge in [-0.05, 0) is 19.8 Å². The molecule has 1 aliphatic rings. The molecule has 0 bridgehead atoms. The maximum atomic E-state index is 12.5. The summed E-state index contributed by atoms with van der Waals surface area (Å²) in [5.74, 6) is -0.238. The molecule has 1 aromatic rings. The highest BCUT2D eigenvalue weighted by atomic mass is 19.4. The van der Waals surface area contributed by atoms with E-state index < -0.39 is 18.6 Å². The van der Waals surface area contributed by atoms with Crippen LogP contribution in [0.5, 0.6) is 0 Å². The molecule has 1 saturated carbocycles. The molecule has 5 nitrogen and oxygen atoms in total. The van der Waals surface area contributed by atoms with Crippen molar-refractivity contribution in [2.75, 3.05) is 18.4 Å². The smallest absolute Gasteiger partial charge is 0.369 e. The lowest BCUT2D eigenvalue weighted by Crippen LogP contribution is -2.40. The number of rotatable bonds is 5.